The first-order valence-electron chi connectivity index (χ1n) is 4.98. The van der Waals surface area contributed by atoms with Crippen LogP contribution in [0.4, 0.5) is 5.69 Å². The first kappa shape index (κ1) is 11.4. The van der Waals surface area contributed by atoms with Crippen molar-refractivity contribution in [3.63, 3.8) is 0 Å². The number of aldehydes is 2. The van der Waals surface area contributed by atoms with Crippen molar-refractivity contribution in [2.24, 2.45) is 0 Å². The zero-order valence-electron chi connectivity index (χ0n) is 8.85. The summed E-state index contributed by atoms with van der Waals surface area (Å²) in [4.78, 5) is 22.7. The fourth-order valence-corrected chi connectivity index (χ4v) is 1.35. The Morgan fingerprint density at radius 3 is 2.40 bits per heavy atom. The predicted octanol–water partition coefficient (Wildman–Crippen LogP) is 1.91. The van der Waals surface area contributed by atoms with Gasteiger partial charge in [0.25, 0.3) is 0 Å². The van der Waals surface area contributed by atoms with Gasteiger partial charge in [-0.2, -0.15) is 0 Å². The van der Waals surface area contributed by atoms with E-state index in [1.807, 2.05) is 19.2 Å². The molecule has 3 heteroatoms. The SMILES string of the molecule is CN(CCCC=O)c1ccc(C=O)cc1. The van der Waals surface area contributed by atoms with E-state index in [1.54, 1.807) is 12.1 Å². The average molecular weight is 205 g/mol. The van der Waals surface area contributed by atoms with Crippen LogP contribution in [-0.4, -0.2) is 26.2 Å². The molecule has 1 aromatic carbocycles. The van der Waals surface area contributed by atoms with Crippen molar-refractivity contribution in [1.29, 1.82) is 0 Å². The van der Waals surface area contributed by atoms with E-state index in [4.69, 9.17) is 0 Å². The molecule has 0 heterocycles. The summed E-state index contributed by atoms with van der Waals surface area (Å²) in [5, 5.41) is 0. The van der Waals surface area contributed by atoms with E-state index in [2.05, 4.69) is 4.90 Å². The molecular formula is C12H15NO2. The van der Waals surface area contributed by atoms with E-state index in [0.717, 1.165) is 31.2 Å². The minimum absolute atomic E-state index is 0.594. The van der Waals surface area contributed by atoms with Crippen molar-refractivity contribution >= 4 is 18.3 Å². The van der Waals surface area contributed by atoms with Crippen molar-refractivity contribution < 1.29 is 9.59 Å². The molecular weight excluding hydrogens is 190 g/mol. The first-order valence-corrected chi connectivity index (χ1v) is 4.98. The molecule has 0 saturated heterocycles. The standard InChI is InChI=1S/C12H15NO2/c1-13(8-2-3-9-14)12-6-4-11(10-15)5-7-12/h4-7,9-10H,2-3,8H2,1H3. The second kappa shape index (κ2) is 5.96. The highest BCUT2D eigenvalue weighted by Crippen LogP contribution is 2.13. The molecule has 0 saturated carbocycles. The van der Waals surface area contributed by atoms with Crippen LogP contribution < -0.4 is 4.90 Å². The van der Waals surface area contributed by atoms with Crippen molar-refractivity contribution in [2.45, 2.75) is 12.8 Å². The molecule has 0 aromatic heterocycles. The highest BCUT2D eigenvalue weighted by molar-refractivity contribution is 5.75. The lowest BCUT2D eigenvalue weighted by Crippen LogP contribution is -2.18. The van der Waals surface area contributed by atoms with Crippen LogP contribution in [0.1, 0.15) is 23.2 Å². The summed E-state index contributed by atoms with van der Waals surface area (Å²) in [7, 11) is 1.97. The maximum Gasteiger partial charge on any atom is 0.150 e. The largest absolute Gasteiger partial charge is 0.375 e. The lowest BCUT2D eigenvalue weighted by atomic mass is 10.2. The van der Waals surface area contributed by atoms with E-state index in [-0.39, 0.29) is 0 Å². The highest BCUT2D eigenvalue weighted by Gasteiger charge is 1.99. The summed E-state index contributed by atoms with van der Waals surface area (Å²) < 4.78 is 0. The minimum Gasteiger partial charge on any atom is -0.375 e. The molecule has 0 N–H and O–H groups in total. The summed E-state index contributed by atoms with van der Waals surface area (Å²) in [5.74, 6) is 0. The molecule has 0 atom stereocenters. The summed E-state index contributed by atoms with van der Waals surface area (Å²) in [6.45, 7) is 0.846. The van der Waals surface area contributed by atoms with Crippen LogP contribution in [0.2, 0.25) is 0 Å². The third-order valence-corrected chi connectivity index (χ3v) is 2.29. The monoisotopic (exact) mass is 205 g/mol. The molecule has 0 amide bonds. The Balaban J connectivity index is 2.53. The molecule has 80 valence electrons. The van der Waals surface area contributed by atoms with E-state index in [9.17, 15) is 9.59 Å². The molecule has 0 spiro atoms. The van der Waals surface area contributed by atoms with Gasteiger partial charge in [0.1, 0.15) is 12.6 Å². The lowest BCUT2D eigenvalue weighted by Gasteiger charge is -2.18. The number of nitrogens with zero attached hydrogens (tertiary/aromatic N) is 1. The molecule has 0 unspecified atom stereocenters. The van der Waals surface area contributed by atoms with E-state index < -0.39 is 0 Å². The van der Waals surface area contributed by atoms with Gasteiger partial charge in [-0.3, -0.25) is 4.79 Å². The zero-order valence-corrected chi connectivity index (χ0v) is 8.85. The number of unbranched alkanes of at least 4 members (excludes halogenated alkanes) is 1. The quantitative estimate of drug-likeness (QED) is 0.526. The molecule has 0 radical (unpaired) electrons. The molecule has 0 aliphatic carbocycles. The first-order chi connectivity index (χ1) is 7.27. The second-order valence-electron chi connectivity index (χ2n) is 3.44. The van der Waals surface area contributed by atoms with Gasteiger partial charge >= 0.3 is 0 Å². The van der Waals surface area contributed by atoms with E-state index in [0.29, 0.717) is 12.0 Å². The zero-order chi connectivity index (χ0) is 11.1. The molecule has 1 rings (SSSR count). The van der Waals surface area contributed by atoms with Gasteiger partial charge in [-0.15, -0.1) is 0 Å². The summed E-state index contributed by atoms with van der Waals surface area (Å²) in [6.07, 6.45) is 3.21. The molecule has 0 aliphatic heterocycles. The van der Waals surface area contributed by atoms with Crippen molar-refractivity contribution in [2.75, 3.05) is 18.5 Å². The van der Waals surface area contributed by atoms with Crippen LogP contribution in [-0.2, 0) is 4.79 Å². The van der Waals surface area contributed by atoms with Gasteiger partial charge in [0.2, 0.25) is 0 Å². The fourth-order valence-electron chi connectivity index (χ4n) is 1.35. The number of hydrogen-bond acceptors (Lipinski definition) is 3. The summed E-state index contributed by atoms with van der Waals surface area (Å²) in [5.41, 5.74) is 1.74. The van der Waals surface area contributed by atoms with Gasteiger partial charge in [-0.1, -0.05) is 0 Å². The molecule has 1 aromatic rings. The second-order valence-corrected chi connectivity index (χ2v) is 3.44. The van der Waals surface area contributed by atoms with E-state index >= 15 is 0 Å². The van der Waals surface area contributed by atoms with Crippen LogP contribution in [0.15, 0.2) is 24.3 Å². The Bertz CT molecular complexity index is 319. The Kier molecular flexibility index (Phi) is 4.54. The number of rotatable bonds is 6. The molecule has 0 bridgehead atoms. The Morgan fingerprint density at radius 1 is 1.20 bits per heavy atom. The third kappa shape index (κ3) is 3.54. The maximum atomic E-state index is 10.4. The fraction of sp³-hybridized carbons (Fsp3) is 0.333. The summed E-state index contributed by atoms with van der Waals surface area (Å²) >= 11 is 0. The molecule has 0 aliphatic rings. The molecule has 0 fully saturated rings. The van der Waals surface area contributed by atoms with Gasteiger partial charge < -0.3 is 9.69 Å². The van der Waals surface area contributed by atoms with Gasteiger partial charge in [-0.05, 0) is 30.7 Å². The van der Waals surface area contributed by atoms with Crippen LogP contribution in [0.5, 0.6) is 0 Å². The van der Waals surface area contributed by atoms with Crippen molar-refractivity contribution in [3.05, 3.63) is 29.8 Å². The number of carbonyl (C=O) groups is 2. The topological polar surface area (TPSA) is 37.4 Å². The van der Waals surface area contributed by atoms with E-state index in [1.165, 1.54) is 0 Å². The van der Waals surface area contributed by atoms with Crippen molar-refractivity contribution in [1.82, 2.24) is 0 Å². The number of anilines is 1. The minimum atomic E-state index is 0.594. The van der Waals surface area contributed by atoms with Crippen LogP contribution in [0.25, 0.3) is 0 Å². The van der Waals surface area contributed by atoms with Gasteiger partial charge in [-0.25, -0.2) is 0 Å². The Hall–Kier alpha value is -1.64. The van der Waals surface area contributed by atoms with Crippen LogP contribution >= 0.6 is 0 Å². The Morgan fingerprint density at radius 2 is 1.87 bits per heavy atom. The number of carbonyl (C=O) groups excluding carboxylic acids is 2. The molecule has 3 nitrogen and oxygen atoms in total. The number of benzene rings is 1. The van der Waals surface area contributed by atoms with Gasteiger partial charge in [0, 0.05) is 31.3 Å². The van der Waals surface area contributed by atoms with Gasteiger partial charge in [0.15, 0.2) is 0 Å². The lowest BCUT2D eigenvalue weighted by molar-refractivity contribution is -0.107. The van der Waals surface area contributed by atoms with Crippen molar-refractivity contribution in [3.8, 4) is 0 Å². The predicted molar refractivity (Wildman–Crippen MR) is 60.4 cm³/mol. The maximum absolute atomic E-state index is 10.4. The normalized spacial score (nSPS) is 9.67. The van der Waals surface area contributed by atoms with Gasteiger partial charge in [0.05, 0.1) is 0 Å². The molecule has 15 heavy (non-hydrogen) atoms. The Labute approximate surface area is 89.7 Å². The summed E-state index contributed by atoms with van der Waals surface area (Å²) in [6, 6.07) is 7.40. The smallest absolute Gasteiger partial charge is 0.150 e. The average Bonchev–Trinajstić information content (AvgIpc) is 2.29. The highest BCUT2D eigenvalue weighted by atomic mass is 16.1. The third-order valence-electron chi connectivity index (χ3n) is 2.29. The number of hydrogen-bond donors (Lipinski definition) is 0. The van der Waals surface area contributed by atoms with Crippen LogP contribution in [0, 0.1) is 0 Å². The van der Waals surface area contributed by atoms with Crippen LogP contribution in [0.3, 0.4) is 0 Å².